The molecule has 0 amide bonds. The predicted molar refractivity (Wildman–Crippen MR) is 76.2 cm³/mol. The van der Waals surface area contributed by atoms with E-state index in [4.69, 9.17) is 10.5 Å². The zero-order chi connectivity index (χ0) is 13.2. The van der Waals surface area contributed by atoms with Crippen molar-refractivity contribution >= 4 is 5.69 Å². The van der Waals surface area contributed by atoms with Crippen LogP contribution in [0.5, 0.6) is 0 Å². The second-order valence-electron chi connectivity index (χ2n) is 6.55. The lowest BCUT2D eigenvalue weighted by molar-refractivity contribution is -0.0314. The van der Waals surface area contributed by atoms with Gasteiger partial charge in [0.15, 0.2) is 0 Å². The molecule has 18 heavy (non-hydrogen) atoms. The number of benzene rings is 1. The maximum atomic E-state index is 6.08. The molecule has 1 saturated carbocycles. The topological polar surface area (TPSA) is 35.2 Å². The highest BCUT2D eigenvalue weighted by atomic mass is 16.5. The van der Waals surface area contributed by atoms with Gasteiger partial charge in [-0.2, -0.15) is 0 Å². The molecule has 0 radical (unpaired) electrons. The summed E-state index contributed by atoms with van der Waals surface area (Å²) in [5, 5.41) is 0. The van der Waals surface area contributed by atoms with Crippen molar-refractivity contribution in [2.75, 3.05) is 5.73 Å². The van der Waals surface area contributed by atoms with Gasteiger partial charge in [-0.1, -0.05) is 39.0 Å². The zero-order valence-electron chi connectivity index (χ0n) is 11.8. The van der Waals surface area contributed by atoms with Gasteiger partial charge in [-0.15, -0.1) is 0 Å². The van der Waals surface area contributed by atoms with Crippen LogP contribution in [0.25, 0.3) is 0 Å². The molecule has 0 saturated heterocycles. The number of anilines is 1. The first-order valence-corrected chi connectivity index (χ1v) is 6.91. The summed E-state index contributed by atoms with van der Waals surface area (Å²) in [4.78, 5) is 0. The highest BCUT2D eigenvalue weighted by Gasteiger charge is 2.32. The van der Waals surface area contributed by atoms with Crippen LogP contribution in [0.2, 0.25) is 0 Å². The van der Waals surface area contributed by atoms with Crippen molar-refractivity contribution in [3.63, 3.8) is 0 Å². The predicted octanol–water partition coefficient (Wildman–Crippen LogP) is 4.00. The normalized spacial score (nSPS) is 27.1. The Balaban J connectivity index is 1.92. The van der Waals surface area contributed by atoms with Gasteiger partial charge in [0.25, 0.3) is 0 Å². The minimum Gasteiger partial charge on any atom is -0.398 e. The number of rotatable bonds is 3. The third-order valence-corrected chi connectivity index (χ3v) is 3.88. The Labute approximate surface area is 111 Å². The molecule has 2 N–H and O–H groups in total. The lowest BCUT2D eigenvalue weighted by atomic mass is 9.71. The molecule has 2 nitrogen and oxygen atoms in total. The van der Waals surface area contributed by atoms with Crippen molar-refractivity contribution in [1.82, 2.24) is 0 Å². The van der Waals surface area contributed by atoms with Crippen LogP contribution in [0.3, 0.4) is 0 Å². The van der Waals surface area contributed by atoms with Crippen LogP contribution >= 0.6 is 0 Å². The zero-order valence-corrected chi connectivity index (χ0v) is 11.8. The number of nitrogen functional groups attached to an aromatic ring is 1. The smallest absolute Gasteiger partial charge is 0.0740 e. The maximum absolute atomic E-state index is 6.08. The molecular weight excluding hydrogens is 222 g/mol. The number of nitrogens with two attached hydrogens (primary N) is 1. The van der Waals surface area contributed by atoms with Gasteiger partial charge in [-0.25, -0.2) is 0 Å². The van der Waals surface area contributed by atoms with Gasteiger partial charge < -0.3 is 10.5 Å². The largest absolute Gasteiger partial charge is 0.398 e. The Morgan fingerprint density at radius 1 is 1.28 bits per heavy atom. The molecule has 1 aliphatic rings. The fraction of sp³-hybridized carbons (Fsp3) is 0.625. The second-order valence-corrected chi connectivity index (χ2v) is 6.55. The third kappa shape index (κ3) is 3.49. The minimum absolute atomic E-state index is 0.378. The van der Waals surface area contributed by atoms with E-state index in [9.17, 15) is 0 Å². The van der Waals surface area contributed by atoms with Crippen LogP contribution in [0, 0.1) is 11.3 Å². The van der Waals surface area contributed by atoms with E-state index in [1.165, 1.54) is 12.8 Å². The SMILES string of the molecule is CC1CC(OCc2ccccc2N)CC(C)(C)C1. The molecule has 0 aromatic heterocycles. The van der Waals surface area contributed by atoms with Crippen LogP contribution in [-0.2, 0) is 11.3 Å². The van der Waals surface area contributed by atoms with Crippen LogP contribution in [0.4, 0.5) is 5.69 Å². The van der Waals surface area contributed by atoms with E-state index in [0.717, 1.165) is 23.6 Å². The van der Waals surface area contributed by atoms with E-state index in [1.54, 1.807) is 0 Å². The summed E-state index contributed by atoms with van der Waals surface area (Å²) < 4.78 is 6.08. The fourth-order valence-corrected chi connectivity index (χ4v) is 3.26. The molecule has 0 heterocycles. The monoisotopic (exact) mass is 247 g/mol. The van der Waals surface area contributed by atoms with Crippen molar-refractivity contribution in [1.29, 1.82) is 0 Å². The number of para-hydroxylation sites is 1. The molecule has 1 fully saturated rings. The average Bonchev–Trinajstić information content (AvgIpc) is 2.25. The standard InChI is InChI=1S/C16H25NO/c1-12-8-14(10-16(2,3)9-12)18-11-13-6-4-5-7-15(13)17/h4-7,12,14H,8-11,17H2,1-3H3. The summed E-state index contributed by atoms with van der Waals surface area (Å²) in [7, 11) is 0. The lowest BCUT2D eigenvalue weighted by Crippen LogP contribution is -2.32. The van der Waals surface area contributed by atoms with Crippen molar-refractivity contribution in [2.45, 2.75) is 52.7 Å². The van der Waals surface area contributed by atoms with E-state index < -0.39 is 0 Å². The molecule has 0 spiro atoms. The fourth-order valence-electron chi connectivity index (χ4n) is 3.26. The van der Waals surface area contributed by atoms with Crippen LogP contribution in [-0.4, -0.2) is 6.10 Å². The van der Waals surface area contributed by atoms with E-state index >= 15 is 0 Å². The summed E-state index contributed by atoms with van der Waals surface area (Å²) in [5.41, 5.74) is 8.28. The molecule has 0 bridgehead atoms. The quantitative estimate of drug-likeness (QED) is 0.819. The van der Waals surface area contributed by atoms with Crippen LogP contribution in [0.1, 0.15) is 45.6 Å². The summed E-state index contributed by atoms with van der Waals surface area (Å²) >= 11 is 0. The molecule has 2 heteroatoms. The van der Waals surface area contributed by atoms with Crippen LogP contribution in [0.15, 0.2) is 24.3 Å². The third-order valence-electron chi connectivity index (χ3n) is 3.88. The first kappa shape index (κ1) is 13.4. The van der Waals surface area contributed by atoms with E-state index in [0.29, 0.717) is 18.1 Å². The Bertz CT molecular complexity index is 400. The van der Waals surface area contributed by atoms with Gasteiger partial charge in [0.05, 0.1) is 12.7 Å². The summed E-state index contributed by atoms with van der Waals surface area (Å²) in [6.07, 6.45) is 4.02. The Morgan fingerprint density at radius 2 is 2.00 bits per heavy atom. The first-order chi connectivity index (χ1) is 8.46. The molecule has 2 rings (SSSR count). The van der Waals surface area contributed by atoms with Crippen LogP contribution < -0.4 is 5.73 Å². The molecular formula is C16H25NO. The van der Waals surface area contributed by atoms with E-state index in [-0.39, 0.29) is 0 Å². The Kier molecular flexibility index (Phi) is 3.96. The Morgan fingerprint density at radius 3 is 2.67 bits per heavy atom. The molecule has 100 valence electrons. The van der Waals surface area contributed by atoms with Crippen molar-refractivity contribution in [3.05, 3.63) is 29.8 Å². The van der Waals surface area contributed by atoms with Crippen molar-refractivity contribution in [2.24, 2.45) is 11.3 Å². The van der Waals surface area contributed by atoms with Crippen molar-refractivity contribution in [3.8, 4) is 0 Å². The second kappa shape index (κ2) is 5.31. The van der Waals surface area contributed by atoms with Gasteiger partial charge >= 0.3 is 0 Å². The molecule has 2 atom stereocenters. The van der Waals surface area contributed by atoms with E-state index in [2.05, 4.69) is 20.8 Å². The number of ether oxygens (including phenoxy) is 1. The minimum atomic E-state index is 0.378. The van der Waals surface area contributed by atoms with Gasteiger partial charge in [0.1, 0.15) is 0 Å². The Hall–Kier alpha value is -1.02. The van der Waals surface area contributed by atoms with E-state index in [1.807, 2.05) is 24.3 Å². The highest BCUT2D eigenvalue weighted by Crippen LogP contribution is 2.39. The van der Waals surface area contributed by atoms with Gasteiger partial charge in [0, 0.05) is 11.3 Å². The first-order valence-electron chi connectivity index (χ1n) is 6.91. The number of hydrogen-bond donors (Lipinski definition) is 1. The highest BCUT2D eigenvalue weighted by molar-refractivity contribution is 5.45. The van der Waals surface area contributed by atoms with Gasteiger partial charge in [0.2, 0.25) is 0 Å². The molecule has 0 aliphatic heterocycles. The van der Waals surface area contributed by atoms with Gasteiger partial charge in [-0.3, -0.25) is 0 Å². The molecule has 1 aromatic rings. The summed E-state index contributed by atoms with van der Waals surface area (Å²) in [6, 6.07) is 7.96. The summed E-state index contributed by atoms with van der Waals surface area (Å²) in [6.45, 7) is 7.65. The van der Waals surface area contributed by atoms with Crippen molar-refractivity contribution < 1.29 is 4.74 Å². The molecule has 1 aromatic carbocycles. The average molecular weight is 247 g/mol. The maximum Gasteiger partial charge on any atom is 0.0740 e. The molecule has 1 aliphatic carbocycles. The molecule has 2 unspecified atom stereocenters. The summed E-state index contributed by atoms with van der Waals surface area (Å²) in [5.74, 6) is 0.756. The van der Waals surface area contributed by atoms with Gasteiger partial charge in [-0.05, 0) is 36.7 Å². The lowest BCUT2D eigenvalue weighted by Gasteiger charge is -2.38. The number of hydrogen-bond acceptors (Lipinski definition) is 2.